The number of imidazole rings is 1. The summed E-state index contributed by atoms with van der Waals surface area (Å²) in [6.07, 6.45) is 2.22. The first-order valence-electron chi connectivity index (χ1n) is 9.01. The Morgan fingerprint density at radius 3 is 2.97 bits per heavy atom. The molecule has 1 saturated heterocycles. The Morgan fingerprint density at radius 2 is 2.28 bits per heavy atom. The standard InChI is InChI=1S/C17H24N6O4SSe/c1-2-3-9(26-17(25)8(18)4-5-28)12-13(29)11(24)16(27-12)23-7-22-10-14(19)20-6-21-15(10)23/h2,6-9,11-13,16,24,28-29H,1,3-5,18H2,(H2,19,20,21)/t8-,9?,11+,12+,13-,16+/m0/s1. The summed E-state index contributed by atoms with van der Waals surface area (Å²) in [5.41, 5.74) is 12.5. The normalized spacial score (nSPS) is 26.3. The van der Waals surface area contributed by atoms with Crippen molar-refractivity contribution in [3.05, 3.63) is 25.3 Å². The van der Waals surface area contributed by atoms with Crippen LogP contribution in [-0.4, -0.2) is 76.7 Å². The summed E-state index contributed by atoms with van der Waals surface area (Å²) >= 11 is 6.47. The molecule has 1 aliphatic rings. The van der Waals surface area contributed by atoms with Crippen molar-refractivity contribution in [1.29, 1.82) is 0 Å². The third kappa shape index (κ3) is 4.42. The minimum absolute atomic E-state index is 0.234. The second-order valence-electron chi connectivity index (χ2n) is 6.67. The monoisotopic (exact) mass is 488 g/mol. The van der Waals surface area contributed by atoms with Gasteiger partial charge in [-0.3, -0.25) is 0 Å². The zero-order valence-corrected chi connectivity index (χ0v) is 18.3. The van der Waals surface area contributed by atoms with Crippen molar-refractivity contribution in [2.24, 2.45) is 5.73 Å². The molecule has 12 heteroatoms. The van der Waals surface area contributed by atoms with Crippen molar-refractivity contribution in [2.75, 3.05) is 11.5 Å². The van der Waals surface area contributed by atoms with Crippen LogP contribution in [0.1, 0.15) is 19.1 Å². The van der Waals surface area contributed by atoms with Gasteiger partial charge in [0.1, 0.15) is 0 Å². The zero-order chi connectivity index (χ0) is 21.1. The van der Waals surface area contributed by atoms with Crippen molar-refractivity contribution < 1.29 is 19.4 Å². The molecule has 3 heterocycles. The number of esters is 1. The molecule has 0 bridgehead atoms. The van der Waals surface area contributed by atoms with Crippen LogP contribution in [0.3, 0.4) is 0 Å². The zero-order valence-electron chi connectivity index (χ0n) is 15.5. The third-order valence-electron chi connectivity index (χ3n) is 4.71. The third-order valence-corrected chi connectivity index (χ3v) is 6.23. The molecule has 0 aromatic carbocycles. The molecule has 3 rings (SSSR count). The molecule has 10 nitrogen and oxygen atoms in total. The Hall–Kier alpha value is -1.69. The number of aromatic nitrogens is 4. The first-order chi connectivity index (χ1) is 13.9. The van der Waals surface area contributed by atoms with Crippen molar-refractivity contribution in [1.82, 2.24) is 19.5 Å². The Balaban J connectivity index is 1.83. The number of nitrogens with zero attached hydrogens (tertiary/aromatic N) is 4. The first-order valence-corrected chi connectivity index (χ1v) is 10.7. The van der Waals surface area contributed by atoms with Gasteiger partial charge in [-0.1, -0.05) is 0 Å². The van der Waals surface area contributed by atoms with Gasteiger partial charge in [-0.05, 0) is 0 Å². The van der Waals surface area contributed by atoms with E-state index in [2.05, 4.69) is 50.2 Å². The topological polar surface area (TPSA) is 151 Å². The van der Waals surface area contributed by atoms with E-state index < -0.39 is 41.4 Å². The Bertz CT molecular complexity index is 883. The van der Waals surface area contributed by atoms with E-state index in [0.717, 1.165) is 0 Å². The number of carbonyl (C=O) groups is 1. The molecule has 29 heavy (non-hydrogen) atoms. The van der Waals surface area contributed by atoms with Crippen LogP contribution in [0, 0.1) is 0 Å². The maximum atomic E-state index is 12.3. The van der Waals surface area contributed by atoms with E-state index in [-0.39, 0.29) is 5.82 Å². The molecule has 2 aromatic rings. The van der Waals surface area contributed by atoms with Crippen LogP contribution in [-0.2, 0) is 14.3 Å². The Morgan fingerprint density at radius 1 is 1.52 bits per heavy atom. The molecule has 158 valence electrons. The van der Waals surface area contributed by atoms with E-state index in [9.17, 15) is 9.90 Å². The van der Waals surface area contributed by atoms with Gasteiger partial charge in [0.05, 0.1) is 0 Å². The van der Waals surface area contributed by atoms with Crippen LogP contribution in [0.25, 0.3) is 11.2 Å². The van der Waals surface area contributed by atoms with Crippen molar-refractivity contribution in [2.45, 2.75) is 48.2 Å². The summed E-state index contributed by atoms with van der Waals surface area (Å²) in [5, 5.41) is 10.8. The van der Waals surface area contributed by atoms with Crippen LogP contribution >= 0.6 is 12.6 Å². The average Bonchev–Trinajstić information content (AvgIpc) is 3.24. The molecular weight excluding hydrogens is 463 g/mol. The summed E-state index contributed by atoms with van der Waals surface area (Å²) in [5.74, 6) is 0.161. The number of aliphatic hydroxyl groups excluding tert-OH is 1. The molecule has 0 spiro atoms. The number of ether oxygens (including phenoxy) is 2. The quantitative estimate of drug-likeness (QED) is 0.167. The molecule has 5 N–H and O–H groups in total. The number of fused-ring (bicyclic) bond motifs is 1. The predicted molar refractivity (Wildman–Crippen MR) is 112 cm³/mol. The van der Waals surface area contributed by atoms with Crippen LogP contribution in [0.15, 0.2) is 25.3 Å². The van der Waals surface area contributed by atoms with Crippen LogP contribution in [0.2, 0.25) is 4.82 Å². The number of anilines is 1. The fraction of sp³-hybridized carbons (Fsp3) is 0.529. The number of nitrogens with two attached hydrogens (primary N) is 2. The molecule has 0 aliphatic carbocycles. The average molecular weight is 487 g/mol. The van der Waals surface area contributed by atoms with E-state index in [1.54, 1.807) is 10.6 Å². The molecule has 0 radical (unpaired) electrons. The van der Waals surface area contributed by atoms with E-state index >= 15 is 0 Å². The number of carbonyl (C=O) groups excluding carboxylic acids is 1. The van der Waals surface area contributed by atoms with E-state index in [1.165, 1.54) is 12.7 Å². The van der Waals surface area contributed by atoms with Gasteiger partial charge in [0, 0.05) is 0 Å². The summed E-state index contributed by atoms with van der Waals surface area (Å²) < 4.78 is 13.3. The number of hydrogen-bond acceptors (Lipinski definition) is 10. The summed E-state index contributed by atoms with van der Waals surface area (Å²) in [4.78, 5) is 24.2. The Labute approximate surface area is 181 Å². The van der Waals surface area contributed by atoms with Gasteiger partial charge in [0.2, 0.25) is 0 Å². The molecule has 0 amide bonds. The molecule has 1 unspecified atom stereocenters. The van der Waals surface area contributed by atoms with Gasteiger partial charge < -0.3 is 0 Å². The number of thiol groups is 1. The van der Waals surface area contributed by atoms with Gasteiger partial charge >= 0.3 is 181 Å². The molecule has 0 saturated carbocycles. The van der Waals surface area contributed by atoms with Gasteiger partial charge in [0.15, 0.2) is 0 Å². The second-order valence-corrected chi connectivity index (χ2v) is 8.37. The molecule has 2 aromatic heterocycles. The molecular formula is C17H24N6O4SSe. The van der Waals surface area contributed by atoms with Crippen LogP contribution in [0.4, 0.5) is 5.82 Å². The van der Waals surface area contributed by atoms with Gasteiger partial charge in [0.25, 0.3) is 0 Å². The fourth-order valence-electron chi connectivity index (χ4n) is 3.19. The van der Waals surface area contributed by atoms with Gasteiger partial charge in [-0.15, -0.1) is 0 Å². The van der Waals surface area contributed by atoms with Crippen molar-refractivity contribution >= 4 is 51.6 Å². The summed E-state index contributed by atoms with van der Waals surface area (Å²) in [6, 6.07) is -0.774. The van der Waals surface area contributed by atoms with Crippen LogP contribution < -0.4 is 11.5 Å². The second kappa shape index (κ2) is 9.41. The maximum absolute atomic E-state index is 12.3. The van der Waals surface area contributed by atoms with Crippen molar-refractivity contribution in [3.63, 3.8) is 0 Å². The number of hydrogen-bond donors (Lipinski definition) is 4. The number of nitrogen functional groups attached to an aromatic ring is 1. The van der Waals surface area contributed by atoms with E-state index in [4.69, 9.17) is 20.9 Å². The summed E-state index contributed by atoms with van der Waals surface area (Å²) in [6.45, 7) is 3.72. The first kappa shape index (κ1) is 22.0. The minimum atomic E-state index is -0.911. The molecule has 1 aliphatic heterocycles. The SMILES string of the molecule is C=CCC(OC(=O)[C@@H](N)CCS)[C@H]1O[C@@H](n2cnc3c(N)ncnc32)[C@H](O)[C@@H]1[SeH]. The number of rotatable bonds is 8. The van der Waals surface area contributed by atoms with E-state index in [0.29, 0.717) is 29.8 Å². The fourth-order valence-corrected chi connectivity index (χ4v) is 4.32. The van der Waals surface area contributed by atoms with E-state index in [1.807, 2.05) is 0 Å². The molecule has 1 fully saturated rings. The Kier molecular flexibility index (Phi) is 7.14. The number of aliphatic hydroxyl groups is 1. The summed E-state index contributed by atoms with van der Waals surface area (Å²) in [7, 11) is 0. The van der Waals surface area contributed by atoms with Gasteiger partial charge in [-0.25, -0.2) is 0 Å². The predicted octanol–water partition coefficient (Wildman–Crippen LogP) is -0.509. The van der Waals surface area contributed by atoms with Crippen LogP contribution in [0.5, 0.6) is 0 Å². The van der Waals surface area contributed by atoms with Crippen molar-refractivity contribution in [3.8, 4) is 0 Å². The molecule has 6 atom stereocenters. The van der Waals surface area contributed by atoms with Gasteiger partial charge in [-0.2, -0.15) is 0 Å².